The van der Waals surface area contributed by atoms with E-state index in [0.717, 1.165) is 19.4 Å². The molecule has 0 bridgehead atoms. The Morgan fingerprint density at radius 3 is 2.75 bits per heavy atom. The maximum Gasteiger partial charge on any atom is 0.253 e. The Morgan fingerprint density at radius 2 is 2.12 bits per heavy atom. The van der Waals surface area contributed by atoms with E-state index in [0.29, 0.717) is 29.6 Å². The van der Waals surface area contributed by atoms with Gasteiger partial charge in [-0.05, 0) is 51.4 Å². The highest BCUT2D eigenvalue weighted by molar-refractivity contribution is 5.97. The molecule has 1 aromatic carbocycles. The van der Waals surface area contributed by atoms with Gasteiger partial charge in [0.15, 0.2) is 0 Å². The van der Waals surface area contributed by atoms with Gasteiger partial charge in [-0.2, -0.15) is 0 Å². The van der Waals surface area contributed by atoms with Crippen molar-refractivity contribution in [3.05, 3.63) is 23.8 Å². The van der Waals surface area contributed by atoms with Gasteiger partial charge >= 0.3 is 0 Å². The van der Waals surface area contributed by atoms with Crippen molar-refractivity contribution >= 4 is 17.5 Å². The number of piperidine rings is 1. The number of anilines is 1. The minimum absolute atomic E-state index is 0.00110. The summed E-state index contributed by atoms with van der Waals surface area (Å²) >= 11 is 0. The van der Waals surface area contributed by atoms with Crippen LogP contribution >= 0.6 is 0 Å². The predicted molar refractivity (Wildman–Crippen MR) is 94.4 cm³/mol. The van der Waals surface area contributed by atoms with Crippen LogP contribution < -0.4 is 15.4 Å². The van der Waals surface area contributed by atoms with E-state index >= 15 is 0 Å². The van der Waals surface area contributed by atoms with E-state index < -0.39 is 0 Å². The quantitative estimate of drug-likeness (QED) is 0.866. The number of amides is 2. The Hall–Kier alpha value is -2.08. The van der Waals surface area contributed by atoms with Crippen molar-refractivity contribution in [2.45, 2.75) is 32.7 Å². The summed E-state index contributed by atoms with van der Waals surface area (Å²) in [4.78, 5) is 26.1. The van der Waals surface area contributed by atoms with Gasteiger partial charge in [0.2, 0.25) is 5.91 Å². The highest BCUT2D eigenvalue weighted by atomic mass is 16.5. The van der Waals surface area contributed by atoms with Crippen molar-refractivity contribution in [3.63, 3.8) is 0 Å². The van der Waals surface area contributed by atoms with Crippen molar-refractivity contribution in [2.24, 2.45) is 5.92 Å². The van der Waals surface area contributed by atoms with Gasteiger partial charge in [-0.1, -0.05) is 0 Å². The molecule has 0 aliphatic carbocycles. The molecule has 0 saturated carbocycles. The number of benzene rings is 1. The summed E-state index contributed by atoms with van der Waals surface area (Å²) in [6.07, 6.45) is 1.66. The van der Waals surface area contributed by atoms with Crippen LogP contribution in [0, 0.1) is 5.92 Å². The van der Waals surface area contributed by atoms with E-state index in [1.807, 2.05) is 6.92 Å². The first-order valence-electron chi connectivity index (χ1n) is 8.45. The number of carbonyl (C=O) groups excluding carboxylic acids is 2. The van der Waals surface area contributed by atoms with Crippen LogP contribution in [0.2, 0.25) is 0 Å². The zero-order valence-electron chi connectivity index (χ0n) is 14.9. The molecule has 6 nitrogen and oxygen atoms in total. The van der Waals surface area contributed by atoms with Gasteiger partial charge in [0.05, 0.1) is 12.3 Å². The fourth-order valence-electron chi connectivity index (χ4n) is 2.90. The predicted octanol–water partition coefficient (Wildman–Crippen LogP) is 2.11. The van der Waals surface area contributed by atoms with Crippen LogP contribution in [-0.4, -0.2) is 50.0 Å². The molecule has 1 aliphatic rings. The molecule has 2 amide bonds. The average Bonchev–Trinajstić information content (AvgIpc) is 2.55. The number of hydrogen-bond donors (Lipinski definition) is 2. The lowest BCUT2D eigenvalue weighted by molar-refractivity contribution is -0.120. The summed E-state index contributed by atoms with van der Waals surface area (Å²) in [6, 6.07) is 5.49. The van der Waals surface area contributed by atoms with Gasteiger partial charge in [-0.25, -0.2) is 0 Å². The highest BCUT2D eigenvalue weighted by Gasteiger charge is 2.25. The van der Waals surface area contributed by atoms with Gasteiger partial charge < -0.3 is 20.3 Å². The largest absolute Gasteiger partial charge is 0.492 e. The van der Waals surface area contributed by atoms with E-state index in [4.69, 9.17) is 4.74 Å². The maximum absolute atomic E-state index is 12.5. The monoisotopic (exact) mass is 333 g/mol. The molecule has 24 heavy (non-hydrogen) atoms. The second kappa shape index (κ2) is 8.15. The molecule has 0 spiro atoms. The molecule has 132 valence electrons. The van der Waals surface area contributed by atoms with Crippen LogP contribution in [0.1, 0.15) is 37.0 Å². The van der Waals surface area contributed by atoms with Crippen molar-refractivity contribution < 1.29 is 14.3 Å². The number of rotatable bonds is 5. The smallest absolute Gasteiger partial charge is 0.253 e. The normalized spacial score (nSPS) is 20.3. The number of nitrogens with one attached hydrogen (secondary N) is 2. The Labute approximate surface area is 143 Å². The molecule has 0 radical (unpaired) electrons. The summed E-state index contributed by atoms with van der Waals surface area (Å²) in [6.45, 7) is 5.29. The van der Waals surface area contributed by atoms with Crippen LogP contribution in [0.3, 0.4) is 0 Å². The standard InChI is InChI=1S/C18H27N3O3/c1-5-24-16-11-14(18(23)21(3)4)6-7-15(16)20-17(22)13-8-9-19-12(2)10-13/h6-7,11-13,19H,5,8-10H2,1-4H3,(H,20,22)/t12-,13-/m0/s1. The van der Waals surface area contributed by atoms with Gasteiger partial charge in [0.25, 0.3) is 5.91 Å². The number of carbonyl (C=O) groups is 2. The Balaban J connectivity index is 2.16. The molecule has 2 N–H and O–H groups in total. The number of ether oxygens (including phenoxy) is 1. The fraction of sp³-hybridized carbons (Fsp3) is 0.556. The molecule has 1 aliphatic heterocycles. The summed E-state index contributed by atoms with van der Waals surface area (Å²) in [5.41, 5.74) is 1.15. The van der Waals surface area contributed by atoms with Crippen LogP contribution in [-0.2, 0) is 4.79 Å². The zero-order chi connectivity index (χ0) is 17.7. The lowest BCUT2D eigenvalue weighted by atomic mass is 9.92. The van der Waals surface area contributed by atoms with Gasteiger partial charge in [0, 0.05) is 31.6 Å². The molecule has 1 saturated heterocycles. The molecule has 2 rings (SSSR count). The zero-order valence-corrected chi connectivity index (χ0v) is 14.9. The van der Waals surface area contributed by atoms with E-state index in [1.165, 1.54) is 4.90 Å². The third kappa shape index (κ3) is 4.47. The minimum atomic E-state index is -0.0963. The minimum Gasteiger partial charge on any atom is -0.492 e. The van der Waals surface area contributed by atoms with Crippen molar-refractivity contribution in [3.8, 4) is 5.75 Å². The number of hydrogen-bond acceptors (Lipinski definition) is 4. The van der Waals surface area contributed by atoms with Crippen LogP contribution in [0.25, 0.3) is 0 Å². The molecular formula is C18H27N3O3. The first kappa shape index (κ1) is 18.3. The van der Waals surface area contributed by atoms with Gasteiger partial charge in [-0.15, -0.1) is 0 Å². The molecule has 0 unspecified atom stereocenters. The Bertz CT molecular complexity index is 601. The van der Waals surface area contributed by atoms with E-state index in [2.05, 4.69) is 17.6 Å². The van der Waals surface area contributed by atoms with Gasteiger partial charge in [-0.3, -0.25) is 9.59 Å². The van der Waals surface area contributed by atoms with E-state index in [1.54, 1.807) is 32.3 Å². The summed E-state index contributed by atoms with van der Waals surface area (Å²) in [5, 5.41) is 6.31. The average molecular weight is 333 g/mol. The lowest BCUT2D eigenvalue weighted by Crippen LogP contribution is -2.40. The van der Waals surface area contributed by atoms with Crippen LogP contribution in [0.4, 0.5) is 5.69 Å². The van der Waals surface area contributed by atoms with Crippen molar-refractivity contribution in [2.75, 3.05) is 32.6 Å². The third-order valence-electron chi connectivity index (χ3n) is 4.19. The summed E-state index contributed by atoms with van der Waals surface area (Å²) in [5.74, 6) is 0.441. The Morgan fingerprint density at radius 1 is 1.38 bits per heavy atom. The second-order valence-corrected chi connectivity index (χ2v) is 6.41. The van der Waals surface area contributed by atoms with E-state index in [9.17, 15) is 9.59 Å². The fourth-order valence-corrected chi connectivity index (χ4v) is 2.90. The molecule has 1 aromatic rings. The third-order valence-corrected chi connectivity index (χ3v) is 4.19. The second-order valence-electron chi connectivity index (χ2n) is 6.41. The molecule has 0 aromatic heterocycles. The van der Waals surface area contributed by atoms with Crippen LogP contribution in [0.15, 0.2) is 18.2 Å². The van der Waals surface area contributed by atoms with Crippen LogP contribution in [0.5, 0.6) is 5.75 Å². The first-order valence-corrected chi connectivity index (χ1v) is 8.45. The maximum atomic E-state index is 12.5. The van der Waals surface area contributed by atoms with Crippen molar-refractivity contribution in [1.29, 1.82) is 0 Å². The number of nitrogens with zero attached hydrogens (tertiary/aromatic N) is 1. The Kier molecular flexibility index (Phi) is 6.20. The van der Waals surface area contributed by atoms with Crippen molar-refractivity contribution in [1.82, 2.24) is 10.2 Å². The molecular weight excluding hydrogens is 306 g/mol. The highest BCUT2D eigenvalue weighted by Crippen LogP contribution is 2.28. The van der Waals surface area contributed by atoms with Gasteiger partial charge in [0.1, 0.15) is 5.75 Å². The summed E-state index contributed by atoms with van der Waals surface area (Å²) < 4.78 is 5.62. The molecule has 1 heterocycles. The molecule has 2 atom stereocenters. The van der Waals surface area contributed by atoms with E-state index in [-0.39, 0.29) is 17.7 Å². The first-order chi connectivity index (χ1) is 11.4. The SMILES string of the molecule is CCOc1cc(C(=O)N(C)C)ccc1NC(=O)[C@H]1CCN[C@@H](C)C1. The summed E-state index contributed by atoms with van der Waals surface area (Å²) in [7, 11) is 3.41. The topological polar surface area (TPSA) is 70.7 Å². The molecule has 6 heteroatoms. The molecule has 1 fully saturated rings. The lowest BCUT2D eigenvalue weighted by Gasteiger charge is -2.27.